The smallest absolute Gasteiger partial charge is 0.317 e. The molecule has 2 aliphatic rings. The number of hydrogen-bond acceptors (Lipinski definition) is 1. The quantitative estimate of drug-likeness (QED) is 0.504. The molecule has 2 heterocycles. The van der Waals surface area contributed by atoms with Gasteiger partial charge in [-0.05, 0) is 19.3 Å². The second kappa shape index (κ2) is 1.62. The van der Waals surface area contributed by atoms with Gasteiger partial charge in [0, 0.05) is 6.54 Å². The van der Waals surface area contributed by atoms with Crippen LogP contribution in [0.4, 0.5) is 4.79 Å². The van der Waals surface area contributed by atoms with Crippen LogP contribution in [0.1, 0.15) is 19.3 Å². The Kier molecular flexibility index (Phi) is 0.917. The van der Waals surface area contributed by atoms with Gasteiger partial charge in [0.25, 0.3) is 0 Å². The van der Waals surface area contributed by atoms with Crippen LogP contribution < -0.4 is 5.32 Å². The van der Waals surface area contributed by atoms with E-state index < -0.39 is 0 Å². The molecule has 3 heteroatoms. The van der Waals surface area contributed by atoms with Crippen molar-refractivity contribution in [3.05, 3.63) is 0 Å². The predicted octanol–water partition coefficient (Wildman–Crippen LogP) is 0.522. The predicted molar refractivity (Wildman–Crippen MR) is 32.9 cm³/mol. The van der Waals surface area contributed by atoms with Gasteiger partial charge in [-0.25, -0.2) is 4.79 Å². The number of piperidine rings is 1. The third-order valence-electron chi connectivity index (χ3n) is 2.05. The van der Waals surface area contributed by atoms with Crippen molar-refractivity contribution in [2.24, 2.45) is 0 Å². The molecule has 50 valence electrons. The van der Waals surface area contributed by atoms with Gasteiger partial charge < -0.3 is 10.2 Å². The van der Waals surface area contributed by atoms with Crippen LogP contribution in [0.5, 0.6) is 0 Å². The standard InChI is InChI=1S/C6H10N2O/c9-6-7-5-3-1-2-4-8(5)6/h5H,1-4H2,(H,7,9)/t5-/m1/s1. The average molecular weight is 126 g/mol. The first-order valence-electron chi connectivity index (χ1n) is 3.45. The maximum absolute atomic E-state index is 10.7. The van der Waals surface area contributed by atoms with Crippen LogP contribution in [0, 0.1) is 0 Å². The summed E-state index contributed by atoms with van der Waals surface area (Å²) in [5.41, 5.74) is 0. The topological polar surface area (TPSA) is 32.3 Å². The number of rotatable bonds is 0. The van der Waals surface area contributed by atoms with E-state index >= 15 is 0 Å². The number of carbonyl (C=O) groups is 1. The minimum atomic E-state index is 0.125. The highest BCUT2D eigenvalue weighted by molar-refractivity contribution is 5.80. The number of amides is 2. The Morgan fingerprint density at radius 2 is 2.44 bits per heavy atom. The van der Waals surface area contributed by atoms with Gasteiger partial charge in [0.1, 0.15) is 6.17 Å². The molecule has 0 unspecified atom stereocenters. The molecule has 0 radical (unpaired) electrons. The van der Waals surface area contributed by atoms with Crippen LogP contribution >= 0.6 is 0 Å². The monoisotopic (exact) mass is 126 g/mol. The van der Waals surface area contributed by atoms with Crippen molar-refractivity contribution in [3.63, 3.8) is 0 Å². The highest BCUT2D eigenvalue weighted by atomic mass is 16.2. The van der Waals surface area contributed by atoms with Crippen molar-refractivity contribution in [2.75, 3.05) is 6.54 Å². The normalized spacial score (nSPS) is 32.7. The van der Waals surface area contributed by atoms with Crippen LogP contribution in [-0.2, 0) is 0 Å². The Balaban J connectivity index is 2.01. The van der Waals surface area contributed by atoms with Crippen LogP contribution in [0.2, 0.25) is 0 Å². The van der Waals surface area contributed by atoms with Gasteiger partial charge in [0.05, 0.1) is 0 Å². The lowest BCUT2D eigenvalue weighted by Gasteiger charge is -2.44. The summed E-state index contributed by atoms with van der Waals surface area (Å²) in [5.74, 6) is 0. The molecule has 2 aliphatic heterocycles. The first-order valence-corrected chi connectivity index (χ1v) is 3.45. The zero-order valence-corrected chi connectivity index (χ0v) is 5.26. The largest absolute Gasteiger partial charge is 0.320 e. The lowest BCUT2D eigenvalue weighted by molar-refractivity contribution is 0.0801. The number of urea groups is 1. The Bertz CT molecular complexity index is 146. The molecule has 0 aromatic carbocycles. The van der Waals surface area contributed by atoms with Crippen molar-refractivity contribution in [1.82, 2.24) is 10.2 Å². The molecule has 2 amide bonds. The van der Waals surface area contributed by atoms with Crippen molar-refractivity contribution >= 4 is 6.03 Å². The highest BCUT2D eigenvalue weighted by Crippen LogP contribution is 2.20. The average Bonchev–Trinajstić information content (AvgIpc) is 1.86. The van der Waals surface area contributed by atoms with Crippen molar-refractivity contribution in [2.45, 2.75) is 25.4 Å². The third-order valence-corrected chi connectivity index (χ3v) is 2.05. The van der Waals surface area contributed by atoms with Gasteiger partial charge in [-0.1, -0.05) is 0 Å². The molecule has 3 nitrogen and oxygen atoms in total. The van der Waals surface area contributed by atoms with Gasteiger partial charge >= 0.3 is 6.03 Å². The lowest BCUT2D eigenvalue weighted by atomic mass is 10.1. The van der Waals surface area contributed by atoms with Crippen molar-refractivity contribution in [1.29, 1.82) is 0 Å². The van der Waals surface area contributed by atoms with E-state index in [1.807, 2.05) is 4.90 Å². The molecule has 1 N–H and O–H groups in total. The summed E-state index contributed by atoms with van der Waals surface area (Å²) in [7, 11) is 0. The first-order chi connectivity index (χ1) is 4.38. The second-order valence-electron chi connectivity index (χ2n) is 2.65. The van der Waals surface area contributed by atoms with E-state index in [0.717, 1.165) is 13.0 Å². The molecule has 1 atom stereocenters. The number of carbonyl (C=O) groups excluding carboxylic acids is 1. The third kappa shape index (κ3) is 0.605. The number of nitrogens with one attached hydrogen (secondary N) is 1. The fraction of sp³-hybridized carbons (Fsp3) is 0.833. The summed E-state index contributed by atoms with van der Waals surface area (Å²) < 4.78 is 0. The fourth-order valence-corrected chi connectivity index (χ4v) is 1.48. The molecule has 2 fully saturated rings. The van der Waals surface area contributed by atoms with Crippen LogP contribution in [-0.4, -0.2) is 23.6 Å². The molecule has 0 spiro atoms. The Hall–Kier alpha value is -0.730. The van der Waals surface area contributed by atoms with Crippen molar-refractivity contribution < 1.29 is 4.79 Å². The Labute approximate surface area is 54.0 Å². The zero-order chi connectivity index (χ0) is 6.27. The Morgan fingerprint density at radius 3 is 3.00 bits per heavy atom. The van der Waals surface area contributed by atoms with E-state index in [9.17, 15) is 4.79 Å². The van der Waals surface area contributed by atoms with Crippen molar-refractivity contribution in [3.8, 4) is 0 Å². The van der Waals surface area contributed by atoms with E-state index in [-0.39, 0.29) is 6.03 Å². The molecular weight excluding hydrogens is 116 g/mol. The number of hydrogen-bond donors (Lipinski definition) is 1. The number of fused-ring (bicyclic) bond motifs is 1. The van der Waals surface area contributed by atoms with Crippen LogP contribution in [0.3, 0.4) is 0 Å². The molecular formula is C6H10N2O. The van der Waals surface area contributed by atoms with E-state index in [1.54, 1.807) is 0 Å². The van der Waals surface area contributed by atoms with E-state index in [0.29, 0.717) is 6.17 Å². The maximum Gasteiger partial charge on any atom is 0.320 e. The summed E-state index contributed by atoms with van der Waals surface area (Å²) in [6.45, 7) is 0.969. The SMILES string of the molecule is O=C1N[C@H]2CCCCN12. The van der Waals surface area contributed by atoms with Gasteiger partial charge in [-0.15, -0.1) is 0 Å². The summed E-state index contributed by atoms with van der Waals surface area (Å²) in [6, 6.07) is 0.125. The van der Waals surface area contributed by atoms with Crippen LogP contribution in [0.15, 0.2) is 0 Å². The highest BCUT2D eigenvalue weighted by Gasteiger charge is 2.36. The molecule has 0 aromatic rings. The number of nitrogens with zero attached hydrogens (tertiary/aromatic N) is 1. The first kappa shape index (κ1) is 5.09. The maximum atomic E-state index is 10.7. The van der Waals surface area contributed by atoms with Gasteiger partial charge in [0.15, 0.2) is 0 Å². The minimum Gasteiger partial charge on any atom is -0.317 e. The van der Waals surface area contributed by atoms with E-state index in [4.69, 9.17) is 0 Å². The molecule has 0 aliphatic carbocycles. The van der Waals surface area contributed by atoms with Gasteiger partial charge in [0.2, 0.25) is 0 Å². The summed E-state index contributed by atoms with van der Waals surface area (Å²) in [5, 5.41) is 2.83. The van der Waals surface area contributed by atoms with E-state index in [1.165, 1.54) is 12.8 Å². The van der Waals surface area contributed by atoms with Gasteiger partial charge in [-0.3, -0.25) is 0 Å². The minimum absolute atomic E-state index is 0.125. The summed E-state index contributed by atoms with van der Waals surface area (Å²) in [4.78, 5) is 12.6. The summed E-state index contributed by atoms with van der Waals surface area (Å²) in [6.07, 6.45) is 3.99. The zero-order valence-electron chi connectivity index (χ0n) is 5.26. The molecule has 0 bridgehead atoms. The molecule has 2 saturated heterocycles. The molecule has 0 aromatic heterocycles. The van der Waals surface area contributed by atoms with E-state index in [2.05, 4.69) is 5.32 Å². The summed E-state index contributed by atoms with van der Waals surface area (Å²) >= 11 is 0. The fourth-order valence-electron chi connectivity index (χ4n) is 1.48. The molecule has 2 rings (SSSR count). The van der Waals surface area contributed by atoms with Gasteiger partial charge in [-0.2, -0.15) is 0 Å². The second-order valence-corrected chi connectivity index (χ2v) is 2.65. The lowest BCUT2D eigenvalue weighted by Crippen LogP contribution is -2.66. The molecule has 9 heavy (non-hydrogen) atoms. The Morgan fingerprint density at radius 1 is 1.56 bits per heavy atom. The van der Waals surface area contributed by atoms with Crippen LogP contribution in [0.25, 0.3) is 0 Å². The molecule has 0 saturated carbocycles.